The summed E-state index contributed by atoms with van der Waals surface area (Å²) in [7, 11) is 0. The van der Waals surface area contributed by atoms with Crippen molar-refractivity contribution >= 4 is 5.97 Å². The monoisotopic (exact) mass is 308 g/mol. The Morgan fingerprint density at radius 1 is 1.32 bits per heavy atom. The molecule has 3 atom stereocenters. The average Bonchev–Trinajstić information content (AvgIpc) is 2.90. The van der Waals surface area contributed by atoms with E-state index in [0.717, 1.165) is 12.8 Å². The maximum atomic E-state index is 11.9. The topological polar surface area (TPSA) is 65.0 Å². The predicted molar refractivity (Wildman–Crippen MR) is 81.4 cm³/mol. The lowest BCUT2D eigenvalue weighted by Gasteiger charge is -2.18. The van der Waals surface area contributed by atoms with Crippen LogP contribution in [0, 0.1) is 5.92 Å². The van der Waals surface area contributed by atoms with E-state index in [1.54, 1.807) is 24.3 Å². The van der Waals surface area contributed by atoms with E-state index in [9.17, 15) is 9.90 Å². The van der Waals surface area contributed by atoms with Crippen molar-refractivity contribution in [2.75, 3.05) is 19.8 Å². The van der Waals surface area contributed by atoms with Gasteiger partial charge in [-0.25, -0.2) is 4.79 Å². The van der Waals surface area contributed by atoms with Gasteiger partial charge < -0.3 is 19.3 Å². The van der Waals surface area contributed by atoms with Gasteiger partial charge in [-0.3, -0.25) is 0 Å². The second kappa shape index (κ2) is 8.88. The third kappa shape index (κ3) is 5.09. The summed E-state index contributed by atoms with van der Waals surface area (Å²) in [6.45, 7) is 3.44. The molecule has 1 aromatic carbocycles. The Kier molecular flexibility index (Phi) is 6.83. The van der Waals surface area contributed by atoms with E-state index in [2.05, 4.69) is 6.92 Å². The van der Waals surface area contributed by atoms with E-state index < -0.39 is 6.29 Å². The number of unbranched alkanes of at least 4 members (excludes halogenated alkanes) is 1. The minimum absolute atomic E-state index is 0.0377. The number of esters is 1. The third-order valence-electron chi connectivity index (χ3n) is 3.72. The predicted octanol–water partition coefficient (Wildman–Crippen LogP) is 2.38. The number of aliphatic hydroxyl groups is 1. The van der Waals surface area contributed by atoms with Crippen molar-refractivity contribution in [2.45, 2.75) is 38.6 Å². The van der Waals surface area contributed by atoms with Gasteiger partial charge in [0.05, 0.1) is 24.9 Å². The lowest BCUT2D eigenvalue weighted by molar-refractivity contribution is -0.112. The molecule has 1 unspecified atom stereocenters. The van der Waals surface area contributed by atoms with Crippen LogP contribution in [0.3, 0.4) is 0 Å². The van der Waals surface area contributed by atoms with Crippen molar-refractivity contribution in [3.63, 3.8) is 0 Å². The van der Waals surface area contributed by atoms with Crippen LogP contribution in [0.2, 0.25) is 0 Å². The van der Waals surface area contributed by atoms with Crippen molar-refractivity contribution in [3.8, 4) is 0 Å². The second-order valence-electron chi connectivity index (χ2n) is 5.52. The lowest BCUT2D eigenvalue weighted by Crippen LogP contribution is -2.27. The van der Waals surface area contributed by atoms with E-state index >= 15 is 0 Å². The molecule has 2 rings (SSSR count). The molecule has 1 N–H and O–H groups in total. The van der Waals surface area contributed by atoms with Crippen molar-refractivity contribution in [1.29, 1.82) is 0 Å². The van der Waals surface area contributed by atoms with Crippen LogP contribution < -0.4 is 0 Å². The van der Waals surface area contributed by atoms with Crippen LogP contribution in [0.25, 0.3) is 0 Å². The number of hydrogen-bond acceptors (Lipinski definition) is 5. The molecule has 0 aliphatic carbocycles. The molecule has 0 radical (unpaired) electrons. The number of aliphatic hydroxyl groups excluding tert-OH is 1. The van der Waals surface area contributed by atoms with Gasteiger partial charge in [0.15, 0.2) is 6.29 Å². The lowest BCUT2D eigenvalue weighted by atomic mass is 10.0. The highest BCUT2D eigenvalue weighted by molar-refractivity contribution is 5.89. The number of rotatable bonds is 8. The number of benzene rings is 1. The molecule has 0 spiro atoms. The van der Waals surface area contributed by atoms with Crippen LogP contribution in [0.15, 0.2) is 30.3 Å². The zero-order valence-corrected chi connectivity index (χ0v) is 12.9. The van der Waals surface area contributed by atoms with Gasteiger partial charge in [0, 0.05) is 18.9 Å². The summed E-state index contributed by atoms with van der Waals surface area (Å²) in [5.41, 5.74) is 0.526. The zero-order valence-electron chi connectivity index (χ0n) is 12.9. The minimum atomic E-state index is -0.805. The summed E-state index contributed by atoms with van der Waals surface area (Å²) in [6, 6.07) is 8.87. The van der Waals surface area contributed by atoms with Crippen molar-refractivity contribution in [3.05, 3.63) is 35.9 Å². The quantitative estimate of drug-likeness (QED) is 0.590. The van der Waals surface area contributed by atoms with Crippen molar-refractivity contribution in [1.82, 2.24) is 0 Å². The van der Waals surface area contributed by atoms with E-state index in [0.29, 0.717) is 25.2 Å². The maximum absolute atomic E-state index is 11.9. The van der Waals surface area contributed by atoms with Crippen LogP contribution in [0.5, 0.6) is 0 Å². The zero-order chi connectivity index (χ0) is 15.8. The van der Waals surface area contributed by atoms with Gasteiger partial charge >= 0.3 is 5.97 Å². The number of hydrogen-bond donors (Lipinski definition) is 1. The molecule has 122 valence electrons. The third-order valence-corrected chi connectivity index (χ3v) is 3.72. The van der Waals surface area contributed by atoms with E-state index in [1.807, 2.05) is 6.07 Å². The van der Waals surface area contributed by atoms with Crippen LogP contribution in [0.4, 0.5) is 0 Å². The minimum Gasteiger partial charge on any atom is -0.462 e. The number of carbonyl (C=O) groups excluding carboxylic acids is 1. The molecule has 0 amide bonds. The first-order valence-corrected chi connectivity index (χ1v) is 7.84. The second-order valence-corrected chi connectivity index (χ2v) is 5.52. The Labute approximate surface area is 131 Å². The van der Waals surface area contributed by atoms with Gasteiger partial charge in [-0.2, -0.15) is 0 Å². The highest BCUT2D eigenvalue weighted by atomic mass is 16.6. The van der Waals surface area contributed by atoms with Gasteiger partial charge in [0.25, 0.3) is 0 Å². The standard InChI is InChI=1S/C17H24O5/c1-2-3-9-20-12-15-14(10-16(18)22-15)11-21-17(19)13-7-5-4-6-8-13/h4-8,14-16,18H,2-3,9-12H2,1H3/t14-,15-,16?/m0/s1. The molecular weight excluding hydrogens is 284 g/mol. The molecule has 1 aromatic rings. The summed E-state index contributed by atoms with van der Waals surface area (Å²) < 4.78 is 16.3. The van der Waals surface area contributed by atoms with Crippen LogP contribution in [-0.4, -0.2) is 43.3 Å². The normalized spacial score (nSPS) is 24.4. The summed E-state index contributed by atoms with van der Waals surface area (Å²) in [5.74, 6) is -0.392. The Morgan fingerprint density at radius 2 is 2.09 bits per heavy atom. The first-order chi connectivity index (χ1) is 10.7. The first-order valence-electron chi connectivity index (χ1n) is 7.84. The van der Waals surface area contributed by atoms with Crippen LogP contribution >= 0.6 is 0 Å². The molecular formula is C17H24O5. The maximum Gasteiger partial charge on any atom is 0.338 e. The van der Waals surface area contributed by atoms with E-state index in [4.69, 9.17) is 14.2 Å². The smallest absolute Gasteiger partial charge is 0.338 e. The van der Waals surface area contributed by atoms with E-state index in [-0.39, 0.29) is 24.6 Å². The van der Waals surface area contributed by atoms with Gasteiger partial charge in [-0.1, -0.05) is 31.5 Å². The van der Waals surface area contributed by atoms with E-state index in [1.165, 1.54) is 0 Å². The summed E-state index contributed by atoms with van der Waals surface area (Å²) >= 11 is 0. The fourth-order valence-electron chi connectivity index (χ4n) is 2.42. The highest BCUT2D eigenvalue weighted by Crippen LogP contribution is 2.26. The first kappa shape index (κ1) is 16.9. The van der Waals surface area contributed by atoms with Gasteiger partial charge in [-0.15, -0.1) is 0 Å². The van der Waals surface area contributed by atoms with Crippen molar-refractivity contribution < 1.29 is 24.1 Å². The van der Waals surface area contributed by atoms with Crippen molar-refractivity contribution in [2.24, 2.45) is 5.92 Å². The van der Waals surface area contributed by atoms with Crippen LogP contribution in [-0.2, 0) is 14.2 Å². The van der Waals surface area contributed by atoms with Gasteiger partial charge in [-0.05, 0) is 18.6 Å². The molecule has 5 heteroatoms. The average molecular weight is 308 g/mol. The molecule has 0 bridgehead atoms. The number of ether oxygens (including phenoxy) is 3. The summed E-state index contributed by atoms with van der Waals surface area (Å²) in [4.78, 5) is 11.9. The summed E-state index contributed by atoms with van der Waals surface area (Å²) in [5, 5.41) is 9.64. The molecule has 1 saturated heterocycles. The largest absolute Gasteiger partial charge is 0.462 e. The fourth-order valence-corrected chi connectivity index (χ4v) is 2.42. The van der Waals surface area contributed by atoms with Gasteiger partial charge in [0.1, 0.15) is 0 Å². The molecule has 0 aromatic heterocycles. The Hall–Kier alpha value is -1.43. The SMILES string of the molecule is CCCCOC[C@@H]1OC(O)C[C@H]1COC(=O)c1ccccc1. The molecule has 0 saturated carbocycles. The highest BCUT2D eigenvalue weighted by Gasteiger charge is 2.35. The molecule has 5 nitrogen and oxygen atoms in total. The van der Waals surface area contributed by atoms with Crippen LogP contribution in [0.1, 0.15) is 36.5 Å². The van der Waals surface area contributed by atoms with Gasteiger partial charge in [0.2, 0.25) is 0 Å². The molecule has 1 aliphatic rings. The molecule has 22 heavy (non-hydrogen) atoms. The number of carbonyl (C=O) groups is 1. The molecule has 1 fully saturated rings. The Morgan fingerprint density at radius 3 is 2.82 bits per heavy atom. The Balaban J connectivity index is 1.78. The molecule has 1 heterocycles. The Bertz CT molecular complexity index is 448. The summed E-state index contributed by atoms with van der Waals surface area (Å²) in [6.07, 6.45) is 1.51. The molecule has 1 aliphatic heterocycles. The fraction of sp³-hybridized carbons (Fsp3) is 0.588.